The van der Waals surface area contributed by atoms with E-state index >= 15 is 0 Å². The number of benzene rings is 2. The van der Waals surface area contributed by atoms with Crippen LogP contribution < -0.4 is 5.32 Å². The van der Waals surface area contributed by atoms with Crippen molar-refractivity contribution in [2.75, 3.05) is 13.2 Å². The quantitative estimate of drug-likeness (QED) is 0.737. The highest BCUT2D eigenvalue weighted by Gasteiger charge is 2.39. The average molecular weight is 393 g/mol. The van der Waals surface area contributed by atoms with Gasteiger partial charge in [-0.15, -0.1) is 0 Å². The number of carbonyl (C=O) groups is 1. The smallest absolute Gasteiger partial charge is 0.326 e. The molecule has 6 heteroatoms. The minimum absolute atomic E-state index is 0.0813. The number of aromatic nitrogens is 1. The highest BCUT2D eigenvalue weighted by atomic mass is 19.1. The van der Waals surface area contributed by atoms with Crippen molar-refractivity contribution in [1.82, 2.24) is 14.8 Å². The van der Waals surface area contributed by atoms with Crippen molar-refractivity contribution >= 4 is 16.9 Å². The second-order valence-electron chi connectivity index (χ2n) is 8.01. The third-order valence-corrected chi connectivity index (χ3v) is 6.10. The van der Waals surface area contributed by atoms with E-state index in [2.05, 4.69) is 10.2 Å². The van der Waals surface area contributed by atoms with Gasteiger partial charge in [-0.1, -0.05) is 30.3 Å². The predicted molar refractivity (Wildman–Crippen MR) is 109 cm³/mol. The topological polar surface area (TPSA) is 46.5 Å². The zero-order valence-corrected chi connectivity index (χ0v) is 16.1. The van der Waals surface area contributed by atoms with Crippen LogP contribution in [0.2, 0.25) is 0 Å². The summed E-state index contributed by atoms with van der Waals surface area (Å²) >= 11 is 0. The molecule has 0 radical (unpaired) electrons. The first-order valence-electron chi connectivity index (χ1n) is 10.1. The minimum Gasteiger partial charge on any atom is -0.378 e. The van der Waals surface area contributed by atoms with Gasteiger partial charge in [0.05, 0.1) is 18.7 Å². The molecule has 1 aromatic heterocycles. The van der Waals surface area contributed by atoms with Crippen LogP contribution in [0.4, 0.5) is 9.18 Å². The molecule has 0 saturated carbocycles. The van der Waals surface area contributed by atoms with Gasteiger partial charge < -0.3 is 10.1 Å². The van der Waals surface area contributed by atoms with Gasteiger partial charge in [-0.25, -0.2) is 9.18 Å². The zero-order valence-electron chi connectivity index (χ0n) is 16.1. The summed E-state index contributed by atoms with van der Waals surface area (Å²) in [6.45, 7) is 2.11. The van der Waals surface area contributed by atoms with E-state index < -0.39 is 0 Å². The average Bonchev–Trinajstić information content (AvgIpc) is 3.14. The Kier molecular flexibility index (Phi) is 4.81. The zero-order chi connectivity index (χ0) is 19.8. The number of piperidine rings is 1. The normalized spacial score (nSPS) is 24.5. The fourth-order valence-corrected chi connectivity index (χ4v) is 4.67. The summed E-state index contributed by atoms with van der Waals surface area (Å²) < 4.78 is 20.7. The van der Waals surface area contributed by atoms with Crippen LogP contribution >= 0.6 is 0 Å². The van der Waals surface area contributed by atoms with Crippen LogP contribution in [0.3, 0.4) is 0 Å². The van der Waals surface area contributed by atoms with Gasteiger partial charge in [0.1, 0.15) is 5.82 Å². The summed E-state index contributed by atoms with van der Waals surface area (Å²) in [7, 11) is 0. The summed E-state index contributed by atoms with van der Waals surface area (Å²) in [6, 6.07) is 17.1. The molecule has 2 aliphatic heterocycles. The van der Waals surface area contributed by atoms with Gasteiger partial charge in [-0.05, 0) is 42.7 Å². The summed E-state index contributed by atoms with van der Waals surface area (Å²) in [5, 5.41) is 4.28. The van der Waals surface area contributed by atoms with Crippen LogP contribution in [-0.2, 0) is 11.3 Å². The van der Waals surface area contributed by atoms with Gasteiger partial charge in [-0.3, -0.25) is 9.47 Å². The van der Waals surface area contributed by atoms with Crippen LogP contribution in [0.15, 0.2) is 60.8 Å². The van der Waals surface area contributed by atoms with Gasteiger partial charge in [0, 0.05) is 36.3 Å². The molecule has 2 saturated heterocycles. The standard InChI is InChI=1S/C23H24FN3O2/c24-18-7-5-16(6-8-18)13-27-20-11-19(12-21(27)15-29-14-20)25-23(28)26-10-9-17-3-1-2-4-22(17)26/h1-10,19-21H,11-15H2,(H,25,28)/t19-,20-,21+. The van der Waals surface area contributed by atoms with E-state index in [1.807, 2.05) is 48.7 Å². The molecule has 0 aliphatic carbocycles. The number of hydrogen-bond donors (Lipinski definition) is 1. The number of amides is 1. The van der Waals surface area contributed by atoms with E-state index in [-0.39, 0.29) is 30.0 Å². The Hall–Kier alpha value is -2.70. The van der Waals surface area contributed by atoms with Gasteiger partial charge in [-0.2, -0.15) is 0 Å². The molecular formula is C23H24FN3O2. The molecule has 0 unspecified atom stereocenters. The van der Waals surface area contributed by atoms with Gasteiger partial charge in [0.15, 0.2) is 0 Å². The first-order valence-corrected chi connectivity index (χ1v) is 10.1. The SMILES string of the molecule is O=C(N[C@H]1C[C@H]2COC[C@@H](C1)N2Cc1ccc(F)cc1)n1ccc2ccccc21. The van der Waals surface area contributed by atoms with Crippen LogP contribution in [0, 0.1) is 5.82 Å². The predicted octanol–water partition coefficient (Wildman–Crippen LogP) is 3.77. The number of nitrogens with one attached hydrogen (secondary N) is 1. The van der Waals surface area contributed by atoms with Gasteiger partial charge >= 0.3 is 6.03 Å². The number of nitrogens with zero attached hydrogens (tertiary/aromatic N) is 2. The maximum absolute atomic E-state index is 13.2. The van der Waals surface area contributed by atoms with Crippen molar-refractivity contribution < 1.29 is 13.9 Å². The molecule has 29 heavy (non-hydrogen) atoms. The summed E-state index contributed by atoms with van der Waals surface area (Å²) in [4.78, 5) is 15.3. The Bertz CT molecular complexity index is 1000. The van der Waals surface area contributed by atoms with E-state index in [0.717, 1.165) is 35.9 Å². The number of morpholine rings is 1. The fourth-order valence-electron chi connectivity index (χ4n) is 4.67. The first kappa shape index (κ1) is 18.3. The van der Waals surface area contributed by atoms with Crippen molar-refractivity contribution in [1.29, 1.82) is 0 Å². The summed E-state index contributed by atoms with van der Waals surface area (Å²) in [5.41, 5.74) is 2.02. The van der Waals surface area contributed by atoms with Crippen LogP contribution in [0.1, 0.15) is 18.4 Å². The number of halogens is 1. The van der Waals surface area contributed by atoms with Crippen LogP contribution in [-0.4, -0.2) is 46.8 Å². The van der Waals surface area contributed by atoms with E-state index in [1.54, 1.807) is 4.57 Å². The van der Waals surface area contributed by atoms with Gasteiger partial charge in [0.25, 0.3) is 0 Å². The summed E-state index contributed by atoms with van der Waals surface area (Å²) in [6.07, 6.45) is 3.53. The fraction of sp³-hybridized carbons (Fsp3) is 0.348. The van der Waals surface area contributed by atoms with Gasteiger partial charge in [0.2, 0.25) is 0 Å². The summed E-state index contributed by atoms with van der Waals surface area (Å²) in [5.74, 6) is -0.212. The minimum atomic E-state index is -0.212. The number of ether oxygens (including phenoxy) is 1. The van der Waals surface area contributed by atoms with E-state index in [0.29, 0.717) is 13.2 Å². The Morgan fingerprint density at radius 2 is 1.76 bits per heavy atom. The number of fused-ring (bicyclic) bond motifs is 3. The van der Waals surface area contributed by atoms with Crippen molar-refractivity contribution in [2.24, 2.45) is 0 Å². The van der Waals surface area contributed by atoms with E-state index in [4.69, 9.17) is 4.74 Å². The molecule has 5 nitrogen and oxygen atoms in total. The molecule has 1 N–H and O–H groups in total. The van der Waals surface area contributed by atoms with Crippen molar-refractivity contribution in [2.45, 2.75) is 37.5 Å². The monoisotopic (exact) mass is 393 g/mol. The molecule has 3 atom stereocenters. The first-order chi connectivity index (χ1) is 14.2. The molecule has 2 aromatic carbocycles. The molecule has 0 spiro atoms. The lowest BCUT2D eigenvalue weighted by Crippen LogP contribution is -2.60. The molecule has 1 amide bonds. The lowest BCUT2D eigenvalue weighted by atomic mass is 9.89. The molecule has 2 aliphatic rings. The maximum atomic E-state index is 13.2. The number of para-hydroxylation sites is 1. The molecule has 150 valence electrons. The van der Waals surface area contributed by atoms with Crippen molar-refractivity contribution in [3.63, 3.8) is 0 Å². The molecule has 3 heterocycles. The molecule has 3 aromatic rings. The molecule has 2 fully saturated rings. The maximum Gasteiger partial charge on any atom is 0.326 e. The highest BCUT2D eigenvalue weighted by molar-refractivity contribution is 5.91. The van der Waals surface area contributed by atoms with Crippen molar-refractivity contribution in [3.05, 3.63) is 72.2 Å². The third-order valence-electron chi connectivity index (χ3n) is 6.10. The molecule has 2 bridgehead atoms. The number of hydrogen-bond acceptors (Lipinski definition) is 3. The molecule has 5 rings (SSSR count). The Morgan fingerprint density at radius 1 is 1.03 bits per heavy atom. The Morgan fingerprint density at radius 3 is 2.52 bits per heavy atom. The van der Waals surface area contributed by atoms with Crippen LogP contribution in [0.5, 0.6) is 0 Å². The van der Waals surface area contributed by atoms with E-state index in [9.17, 15) is 9.18 Å². The highest BCUT2D eigenvalue weighted by Crippen LogP contribution is 2.29. The number of rotatable bonds is 3. The lowest BCUT2D eigenvalue weighted by Gasteiger charge is -2.48. The largest absolute Gasteiger partial charge is 0.378 e. The Balaban J connectivity index is 1.28. The number of carbonyl (C=O) groups excluding carboxylic acids is 1. The Labute approximate surface area is 169 Å². The second-order valence-corrected chi connectivity index (χ2v) is 8.01. The third kappa shape index (κ3) is 3.66. The van der Waals surface area contributed by atoms with E-state index in [1.165, 1.54) is 12.1 Å². The van der Waals surface area contributed by atoms with Crippen molar-refractivity contribution in [3.8, 4) is 0 Å². The molecular weight excluding hydrogens is 369 g/mol. The lowest BCUT2D eigenvalue weighted by molar-refractivity contribution is -0.0840. The van der Waals surface area contributed by atoms with Crippen LogP contribution in [0.25, 0.3) is 10.9 Å². The second kappa shape index (κ2) is 7.61.